The second kappa shape index (κ2) is 6.69. The number of hydrogen-bond donors (Lipinski definition) is 1. The number of anilines is 1. The number of nitrogens with zero attached hydrogens (tertiary/aromatic N) is 3. The number of aromatic nitrogens is 2. The number of esters is 1. The number of carbonyl (C=O) groups excluding carboxylic acids is 1. The molecular weight excluding hydrogens is 276 g/mol. The third-order valence-corrected chi connectivity index (χ3v) is 3.14. The Morgan fingerprint density at radius 2 is 2.15 bits per heavy atom. The van der Waals surface area contributed by atoms with Gasteiger partial charge in [0.2, 0.25) is 0 Å². The molecule has 2 N–H and O–H groups in total. The fourth-order valence-electron chi connectivity index (χ4n) is 2.11. The Bertz CT molecular complexity index is 511. The Kier molecular flexibility index (Phi) is 5.50. The van der Waals surface area contributed by atoms with Crippen molar-refractivity contribution in [2.45, 2.75) is 33.7 Å². The van der Waals surface area contributed by atoms with Crippen molar-refractivity contribution >= 4 is 29.0 Å². The Morgan fingerprint density at radius 3 is 2.60 bits per heavy atom. The minimum Gasteiger partial charge on any atom is -0.465 e. The summed E-state index contributed by atoms with van der Waals surface area (Å²) in [5.74, 6) is 0.465. The number of rotatable bonds is 6. The summed E-state index contributed by atoms with van der Waals surface area (Å²) in [6.07, 6.45) is 0. The van der Waals surface area contributed by atoms with Crippen LogP contribution in [0.2, 0.25) is 0 Å². The molecule has 0 saturated carbocycles. The van der Waals surface area contributed by atoms with E-state index in [1.54, 1.807) is 11.6 Å². The summed E-state index contributed by atoms with van der Waals surface area (Å²) in [4.78, 5) is 13.9. The molecule has 0 unspecified atom stereocenters. The molecule has 6 nitrogen and oxygen atoms in total. The van der Waals surface area contributed by atoms with E-state index in [0.717, 1.165) is 11.5 Å². The average Bonchev–Trinajstić information content (AvgIpc) is 2.61. The first-order valence-electron chi connectivity index (χ1n) is 6.55. The Balaban J connectivity index is 3.22. The van der Waals surface area contributed by atoms with Crippen molar-refractivity contribution < 1.29 is 9.53 Å². The summed E-state index contributed by atoms with van der Waals surface area (Å²) < 4.78 is 6.71. The zero-order valence-electron chi connectivity index (χ0n) is 12.6. The van der Waals surface area contributed by atoms with E-state index in [-0.39, 0.29) is 23.5 Å². The molecule has 0 aliphatic carbocycles. The lowest BCUT2D eigenvalue weighted by molar-refractivity contribution is -0.141. The van der Waals surface area contributed by atoms with Crippen molar-refractivity contribution in [1.29, 1.82) is 0 Å². The van der Waals surface area contributed by atoms with Crippen LogP contribution in [0.15, 0.2) is 0 Å². The standard InChI is InChI=1S/C13H22N4O2S/c1-6-19-10(18)7-17(8(2)3)13-11(12(14)20)9(4)15-16(13)5/h8H,6-7H2,1-5H3,(H2,14,20). The monoisotopic (exact) mass is 298 g/mol. The van der Waals surface area contributed by atoms with Crippen LogP contribution < -0.4 is 10.6 Å². The highest BCUT2D eigenvalue weighted by atomic mass is 32.1. The van der Waals surface area contributed by atoms with Gasteiger partial charge < -0.3 is 15.4 Å². The molecule has 0 aliphatic rings. The van der Waals surface area contributed by atoms with Crippen LogP contribution in [0.25, 0.3) is 0 Å². The van der Waals surface area contributed by atoms with Crippen LogP contribution in [0.1, 0.15) is 32.0 Å². The fourth-order valence-corrected chi connectivity index (χ4v) is 2.35. The number of hydrogen-bond acceptors (Lipinski definition) is 5. The van der Waals surface area contributed by atoms with Crippen LogP contribution in [0.4, 0.5) is 5.82 Å². The molecule has 112 valence electrons. The van der Waals surface area contributed by atoms with Gasteiger partial charge in [-0.15, -0.1) is 0 Å². The van der Waals surface area contributed by atoms with Crippen LogP contribution in [-0.2, 0) is 16.6 Å². The van der Waals surface area contributed by atoms with E-state index < -0.39 is 0 Å². The van der Waals surface area contributed by atoms with Crippen LogP contribution in [0, 0.1) is 6.92 Å². The molecular formula is C13H22N4O2S. The van der Waals surface area contributed by atoms with Gasteiger partial charge in [0.15, 0.2) is 0 Å². The molecule has 0 aliphatic heterocycles. The van der Waals surface area contributed by atoms with E-state index >= 15 is 0 Å². The summed E-state index contributed by atoms with van der Waals surface area (Å²) in [5, 5.41) is 4.34. The van der Waals surface area contributed by atoms with Gasteiger partial charge in [-0.05, 0) is 27.7 Å². The van der Waals surface area contributed by atoms with Crippen LogP contribution in [0.3, 0.4) is 0 Å². The smallest absolute Gasteiger partial charge is 0.325 e. The first-order valence-corrected chi connectivity index (χ1v) is 6.96. The highest BCUT2D eigenvalue weighted by Gasteiger charge is 2.25. The lowest BCUT2D eigenvalue weighted by atomic mass is 10.2. The van der Waals surface area contributed by atoms with Gasteiger partial charge in [-0.1, -0.05) is 12.2 Å². The minimum atomic E-state index is -0.283. The molecule has 0 amide bonds. The molecule has 1 aromatic rings. The topological polar surface area (TPSA) is 73.4 Å². The summed E-state index contributed by atoms with van der Waals surface area (Å²) in [6.45, 7) is 8.11. The summed E-state index contributed by atoms with van der Waals surface area (Å²) >= 11 is 5.10. The van der Waals surface area contributed by atoms with Crippen molar-refractivity contribution in [3.05, 3.63) is 11.3 Å². The summed E-state index contributed by atoms with van der Waals surface area (Å²) in [6, 6.07) is 0.0855. The van der Waals surface area contributed by atoms with Gasteiger partial charge in [0.1, 0.15) is 17.4 Å². The zero-order chi connectivity index (χ0) is 15.4. The van der Waals surface area contributed by atoms with E-state index in [1.807, 2.05) is 32.7 Å². The largest absolute Gasteiger partial charge is 0.465 e. The molecule has 1 heterocycles. The van der Waals surface area contributed by atoms with Gasteiger partial charge in [0.05, 0.1) is 17.9 Å². The molecule has 0 bridgehead atoms. The highest BCUT2D eigenvalue weighted by Crippen LogP contribution is 2.25. The van der Waals surface area contributed by atoms with Crippen molar-refractivity contribution in [1.82, 2.24) is 9.78 Å². The van der Waals surface area contributed by atoms with E-state index in [1.165, 1.54) is 0 Å². The summed E-state index contributed by atoms with van der Waals surface area (Å²) in [5.41, 5.74) is 7.25. The van der Waals surface area contributed by atoms with Gasteiger partial charge in [0.25, 0.3) is 0 Å². The highest BCUT2D eigenvalue weighted by molar-refractivity contribution is 7.80. The van der Waals surface area contributed by atoms with Gasteiger partial charge in [-0.25, -0.2) is 0 Å². The van der Waals surface area contributed by atoms with Crippen LogP contribution in [-0.4, -0.2) is 39.9 Å². The molecule has 0 atom stereocenters. The van der Waals surface area contributed by atoms with Crippen molar-refractivity contribution in [3.63, 3.8) is 0 Å². The molecule has 0 radical (unpaired) electrons. The molecule has 1 aromatic heterocycles. The average molecular weight is 298 g/mol. The van der Waals surface area contributed by atoms with Crippen molar-refractivity contribution in [2.75, 3.05) is 18.1 Å². The Hall–Kier alpha value is -1.63. The first kappa shape index (κ1) is 16.4. The predicted octanol–water partition coefficient (Wildman–Crippen LogP) is 1.14. The van der Waals surface area contributed by atoms with E-state index in [0.29, 0.717) is 12.2 Å². The minimum absolute atomic E-state index is 0.0855. The Labute approximate surface area is 124 Å². The fraction of sp³-hybridized carbons (Fsp3) is 0.615. The quantitative estimate of drug-likeness (QED) is 0.627. The van der Waals surface area contributed by atoms with Crippen LogP contribution in [0.5, 0.6) is 0 Å². The maximum atomic E-state index is 11.8. The number of nitrogens with two attached hydrogens (primary N) is 1. The van der Waals surface area contributed by atoms with Gasteiger partial charge in [-0.3, -0.25) is 9.48 Å². The molecule has 0 spiro atoms. The number of ether oxygens (including phenoxy) is 1. The lowest BCUT2D eigenvalue weighted by Crippen LogP contribution is -2.39. The second-order valence-corrected chi connectivity index (χ2v) is 5.24. The SMILES string of the molecule is CCOC(=O)CN(c1c(C(N)=S)c(C)nn1C)C(C)C. The van der Waals surface area contributed by atoms with E-state index in [2.05, 4.69) is 5.10 Å². The van der Waals surface area contributed by atoms with Gasteiger partial charge >= 0.3 is 5.97 Å². The third kappa shape index (κ3) is 3.47. The maximum Gasteiger partial charge on any atom is 0.325 e. The van der Waals surface area contributed by atoms with E-state index in [9.17, 15) is 4.79 Å². The number of carbonyl (C=O) groups is 1. The van der Waals surface area contributed by atoms with Gasteiger partial charge in [-0.2, -0.15) is 5.10 Å². The van der Waals surface area contributed by atoms with E-state index in [4.69, 9.17) is 22.7 Å². The van der Waals surface area contributed by atoms with Crippen LogP contribution >= 0.6 is 12.2 Å². The molecule has 0 saturated heterocycles. The Morgan fingerprint density at radius 1 is 1.55 bits per heavy atom. The molecule has 20 heavy (non-hydrogen) atoms. The third-order valence-electron chi connectivity index (χ3n) is 2.94. The maximum absolute atomic E-state index is 11.8. The van der Waals surface area contributed by atoms with Crippen molar-refractivity contribution in [3.8, 4) is 0 Å². The zero-order valence-corrected chi connectivity index (χ0v) is 13.5. The first-order chi connectivity index (χ1) is 9.29. The lowest BCUT2D eigenvalue weighted by Gasteiger charge is -2.28. The van der Waals surface area contributed by atoms with Gasteiger partial charge in [0, 0.05) is 13.1 Å². The molecule has 7 heteroatoms. The summed E-state index contributed by atoms with van der Waals surface area (Å²) in [7, 11) is 1.81. The van der Waals surface area contributed by atoms with Crippen molar-refractivity contribution in [2.24, 2.45) is 12.8 Å². The molecule has 0 aromatic carbocycles. The normalized spacial score (nSPS) is 10.7. The second-order valence-electron chi connectivity index (χ2n) is 4.80. The number of thiocarbonyl (C=S) groups is 1. The molecule has 0 fully saturated rings. The molecule has 1 rings (SSSR count). The predicted molar refractivity (Wildman–Crippen MR) is 82.9 cm³/mol. The number of aryl methyl sites for hydroxylation is 2.